The van der Waals surface area contributed by atoms with Crippen LogP contribution < -0.4 is 15.2 Å². The molecule has 3 nitrogen and oxygen atoms in total. The topological polar surface area (TPSA) is 44.5 Å². The Hall–Kier alpha value is -1.42. The lowest BCUT2D eigenvalue weighted by Crippen LogP contribution is -2.17. The van der Waals surface area contributed by atoms with Gasteiger partial charge in [0, 0.05) is 16.1 Å². The summed E-state index contributed by atoms with van der Waals surface area (Å²) >= 11 is 12.4. The van der Waals surface area contributed by atoms with Crippen LogP contribution in [0.15, 0.2) is 30.3 Å². The van der Waals surface area contributed by atoms with E-state index >= 15 is 0 Å². The Bertz CT molecular complexity index is 668. The van der Waals surface area contributed by atoms with Crippen molar-refractivity contribution in [1.29, 1.82) is 0 Å². The first-order valence-corrected chi connectivity index (χ1v) is 7.42. The number of benzene rings is 2. The predicted molar refractivity (Wildman–Crippen MR) is 84.7 cm³/mol. The zero-order valence-electron chi connectivity index (χ0n) is 11.5. The molecule has 2 aromatic rings. The normalized spacial score (nSPS) is 14.9. The molecule has 3 rings (SSSR count). The van der Waals surface area contributed by atoms with Crippen LogP contribution >= 0.6 is 23.2 Å². The lowest BCUT2D eigenvalue weighted by atomic mass is 9.97. The molecular weight excluding hydrogens is 309 g/mol. The van der Waals surface area contributed by atoms with Gasteiger partial charge in [0.1, 0.15) is 13.2 Å². The van der Waals surface area contributed by atoms with E-state index < -0.39 is 0 Å². The van der Waals surface area contributed by atoms with Gasteiger partial charge in [-0.15, -0.1) is 0 Å². The van der Waals surface area contributed by atoms with Crippen LogP contribution in [0.5, 0.6) is 11.5 Å². The summed E-state index contributed by atoms with van der Waals surface area (Å²) in [5.74, 6) is 1.33. The SMILES string of the molecule is Cc1cc(Cl)cc(C(N)c2cc3c(cc2Cl)OCCO3)c1. The van der Waals surface area contributed by atoms with Crippen LogP contribution in [-0.4, -0.2) is 13.2 Å². The van der Waals surface area contributed by atoms with Gasteiger partial charge in [-0.3, -0.25) is 0 Å². The van der Waals surface area contributed by atoms with Crippen molar-refractivity contribution in [1.82, 2.24) is 0 Å². The summed E-state index contributed by atoms with van der Waals surface area (Å²) in [6.07, 6.45) is 0. The van der Waals surface area contributed by atoms with E-state index in [1.54, 1.807) is 6.07 Å². The Kier molecular flexibility index (Phi) is 3.98. The van der Waals surface area contributed by atoms with Crippen molar-refractivity contribution in [2.75, 3.05) is 13.2 Å². The largest absolute Gasteiger partial charge is 0.486 e. The molecule has 0 saturated heterocycles. The molecule has 0 amide bonds. The van der Waals surface area contributed by atoms with E-state index in [1.165, 1.54) is 0 Å². The molecule has 0 spiro atoms. The maximum atomic E-state index is 6.35. The third-order valence-corrected chi connectivity index (χ3v) is 3.97. The molecule has 1 atom stereocenters. The van der Waals surface area contributed by atoms with Crippen LogP contribution in [0.3, 0.4) is 0 Å². The monoisotopic (exact) mass is 323 g/mol. The van der Waals surface area contributed by atoms with Gasteiger partial charge in [-0.2, -0.15) is 0 Å². The summed E-state index contributed by atoms with van der Waals surface area (Å²) < 4.78 is 11.1. The second-order valence-electron chi connectivity index (χ2n) is 5.06. The van der Waals surface area contributed by atoms with Gasteiger partial charge in [-0.1, -0.05) is 29.3 Å². The number of nitrogens with two attached hydrogens (primary N) is 1. The smallest absolute Gasteiger partial charge is 0.162 e. The van der Waals surface area contributed by atoms with Crippen molar-refractivity contribution in [2.24, 2.45) is 5.73 Å². The highest BCUT2D eigenvalue weighted by Crippen LogP contribution is 2.39. The molecule has 0 aliphatic carbocycles. The standard InChI is InChI=1S/C16H15Cl2NO2/c1-9-4-10(6-11(17)5-9)16(19)12-7-14-15(8-13(12)18)21-3-2-20-14/h4-8,16H,2-3,19H2,1H3. The van der Waals surface area contributed by atoms with Gasteiger partial charge in [0.2, 0.25) is 0 Å². The Morgan fingerprint density at radius 3 is 2.33 bits per heavy atom. The molecule has 110 valence electrons. The van der Waals surface area contributed by atoms with Gasteiger partial charge in [0.15, 0.2) is 11.5 Å². The van der Waals surface area contributed by atoms with Crippen molar-refractivity contribution in [3.63, 3.8) is 0 Å². The molecule has 0 fully saturated rings. The number of hydrogen-bond acceptors (Lipinski definition) is 3. The minimum absolute atomic E-state index is 0.370. The van der Waals surface area contributed by atoms with E-state index in [1.807, 2.05) is 31.2 Å². The maximum Gasteiger partial charge on any atom is 0.162 e. The first kappa shape index (κ1) is 14.5. The Balaban J connectivity index is 2.02. The highest BCUT2D eigenvalue weighted by atomic mass is 35.5. The Morgan fingerprint density at radius 1 is 1.00 bits per heavy atom. The first-order chi connectivity index (χ1) is 10.0. The van der Waals surface area contributed by atoms with E-state index in [0.29, 0.717) is 34.8 Å². The van der Waals surface area contributed by atoms with Gasteiger partial charge in [-0.25, -0.2) is 0 Å². The Morgan fingerprint density at radius 2 is 1.67 bits per heavy atom. The lowest BCUT2D eigenvalue weighted by Gasteiger charge is -2.22. The summed E-state index contributed by atoms with van der Waals surface area (Å²) in [5.41, 5.74) is 9.12. The molecule has 0 bridgehead atoms. The number of aryl methyl sites for hydroxylation is 1. The molecule has 0 radical (unpaired) electrons. The molecule has 1 heterocycles. The molecule has 5 heteroatoms. The molecule has 21 heavy (non-hydrogen) atoms. The van der Waals surface area contributed by atoms with Crippen molar-refractivity contribution >= 4 is 23.2 Å². The number of ether oxygens (including phenoxy) is 2. The average Bonchev–Trinajstić information content (AvgIpc) is 2.44. The number of halogens is 2. The summed E-state index contributed by atoms with van der Waals surface area (Å²) in [7, 11) is 0. The van der Waals surface area contributed by atoms with Gasteiger partial charge in [-0.05, 0) is 41.8 Å². The minimum Gasteiger partial charge on any atom is -0.486 e. The summed E-state index contributed by atoms with van der Waals surface area (Å²) in [6.45, 7) is 3.04. The fraction of sp³-hybridized carbons (Fsp3) is 0.250. The number of fused-ring (bicyclic) bond motifs is 1. The highest BCUT2D eigenvalue weighted by molar-refractivity contribution is 6.31. The lowest BCUT2D eigenvalue weighted by molar-refractivity contribution is 0.171. The molecule has 2 aromatic carbocycles. The molecular formula is C16H15Cl2NO2. The second-order valence-corrected chi connectivity index (χ2v) is 5.90. The van der Waals surface area contributed by atoms with Gasteiger partial charge in [0.25, 0.3) is 0 Å². The molecule has 0 saturated carbocycles. The quantitative estimate of drug-likeness (QED) is 0.904. The highest BCUT2D eigenvalue weighted by Gasteiger charge is 2.20. The molecule has 1 aliphatic heterocycles. The minimum atomic E-state index is -0.370. The van der Waals surface area contributed by atoms with Crippen LogP contribution in [0, 0.1) is 6.92 Å². The van der Waals surface area contributed by atoms with E-state index in [-0.39, 0.29) is 6.04 Å². The van der Waals surface area contributed by atoms with Crippen molar-refractivity contribution in [3.8, 4) is 11.5 Å². The molecule has 1 unspecified atom stereocenters. The van der Waals surface area contributed by atoms with E-state index in [4.69, 9.17) is 38.4 Å². The van der Waals surface area contributed by atoms with Crippen LogP contribution in [0.2, 0.25) is 10.0 Å². The zero-order chi connectivity index (χ0) is 15.0. The van der Waals surface area contributed by atoms with Gasteiger partial charge < -0.3 is 15.2 Å². The van der Waals surface area contributed by atoms with E-state index in [2.05, 4.69) is 0 Å². The summed E-state index contributed by atoms with van der Waals surface area (Å²) in [6, 6.07) is 8.98. The molecule has 1 aliphatic rings. The van der Waals surface area contributed by atoms with Crippen LogP contribution in [0.4, 0.5) is 0 Å². The maximum absolute atomic E-state index is 6.35. The van der Waals surface area contributed by atoms with Crippen molar-refractivity contribution < 1.29 is 9.47 Å². The van der Waals surface area contributed by atoms with Crippen LogP contribution in [0.25, 0.3) is 0 Å². The molecule has 2 N–H and O–H groups in total. The third-order valence-electron chi connectivity index (χ3n) is 3.42. The van der Waals surface area contributed by atoms with E-state index in [0.717, 1.165) is 16.7 Å². The van der Waals surface area contributed by atoms with Gasteiger partial charge in [0.05, 0.1) is 6.04 Å². The fourth-order valence-electron chi connectivity index (χ4n) is 2.44. The first-order valence-electron chi connectivity index (χ1n) is 6.66. The van der Waals surface area contributed by atoms with E-state index in [9.17, 15) is 0 Å². The predicted octanol–water partition coefficient (Wildman–Crippen LogP) is 4.12. The van der Waals surface area contributed by atoms with Gasteiger partial charge >= 0.3 is 0 Å². The fourth-order valence-corrected chi connectivity index (χ4v) is 3.01. The average molecular weight is 324 g/mol. The number of hydrogen-bond donors (Lipinski definition) is 1. The van der Waals surface area contributed by atoms with Crippen molar-refractivity contribution in [2.45, 2.75) is 13.0 Å². The van der Waals surface area contributed by atoms with Crippen LogP contribution in [-0.2, 0) is 0 Å². The zero-order valence-corrected chi connectivity index (χ0v) is 13.0. The molecule has 0 aromatic heterocycles. The van der Waals surface area contributed by atoms with Crippen LogP contribution in [0.1, 0.15) is 22.7 Å². The summed E-state index contributed by atoms with van der Waals surface area (Å²) in [5, 5.41) is 1.22. The second kappa shape index (κ2) is 5.76. The number of rotatable bonds is 2. The summed E-state index contributed by atoms with van der Waals surface area (Å²) in [4.78, 5) is 0. The van der Waals surface area contributed by atoms with Crippen molar-refractivity contribution in [3.05, 3.63) is 57.1 Å². The third kappa shape index (κ3) is 2.95. The Labute approximate surface area is 133 Å².